The molecule has 1 fully saturated rings. The van der Waals surface area contributed by atoms with Crippen molar-refractivity contribution in [2.75, 3.05) is 47.8 Å². The molecule has 2 aromatic rings. The summed E-state index contributed by atoms with van der Waals surface area (Å²) < 4.78 is 33.0. The van der Waals surface area contributed by atoms with Crippen LogP contribution in [0.5, 0.6) is 0 Å². The Morgan fingerprint density at radius 3 is 2.42 bits per heavy atom. The second kappa shape index (κ2) is 14.3. The SMILES string of the molecule is CN(C)CC(CN(C)C)OC(=O)CCCCCN1C(=O)/C(=C/c2cc(-c3ccc(F)c(F)c3)cs2)SC1=S. The number of hydrogen-bond acceptors (Lipinski definition) is 8. The van der Waals surface area contributed by atoms with Crippen LogP contribution < -0.4 is 0 Å². The summed E-state index contributed by atoms with van der Waals surface area (Å²) in [5, 5.41) is 1.84. The molecule has 3 rings (SSSR count). The van der Waals surface area contributed by atoms with E-state index >= 15 is 0 Å². The summed E-state index contributed by atoms with van der Waals surface area (Å²) in [5.74, 6) is -2.13. The maximum absolute atomic E-state index is 13.6. The lowest BCUT2D eigenvalue weighted by Gasteiger charge is -2.24. The molecule has 0 radical (unpaired) electrons. The summed E-state index contributed by atoms with van der Waals surface area (Å²) in [6.07, 6.45) is 4.13. The molecule has 2 heterocycles. The van der Waals surface area contributed by atoms with Crippen molar-refractivity contribution in [1.29, 1.82) is 0 Å². The van der Waals surface area contributed by atoms with E-state index in [4.69, 9.17) is 17.0 Å². The highest BCUT2D eigenvalue weighted by Gasteiger charge is 2.31. The minimum Gasteiger partial charge on any atom is -0.460 e. The van der Waals surface area contributed by atoms with Gasteiger partial charge in [-0.05, 0) is 81.8 Å². The van der Waals surface area contributed by atoms with Crippen molar-refractivity contribution in [2.45, 2.75) is 31.8 Å². The number of carbonyl (C=O) groups is 2. The molecule has 0 bridgehead atoms. The van der Waals surface area contributed by atoms with Gasteiger partial charge < -0.3 is 14.5 Å². The first kappa shape index (κ1) is 30.4. The minimum atomic E-state index is -0.897. The lowest BCUT2D eigenvalue weighted by atomic mass is 10.1. The molecule has 0 N–H and O–H groups in total. The molecule has 38 heavy (non-hydrogen) atoms. The van der Waals surface area contributed by atoms with Gasteiger partial charge in [0.1, 0.15) is 10.4 Å². The van der Waals surface area contributed by atoms with Gasteiger partial charge in [0.2, 0.25) is 0 Å². The Bertz CT molecular complexity index is 1170. The lowest BCUT2D eigenvalue weighted by Crippen LogP contribution is -2.38. The maximum Gasteiger partial charge on any atom is 0.306 e. The third-order valence-electron chi connectivity index (χ3n) is 5.72. The van der Waals surface area contributed by atoms with Crippen molar-refractivity contribution < 1.29 is 23.1 Å². The Balaban J connectivity index is 1.46. The van der Waals surface area contributed by atoms with E-state index in [1.54, 1.807) is 11.0 Å². The van der Waals surface area contributed by atoms with Crippen molar-refractivity contribution in [3.05, 3.63) is 51.1 Å². The largest absolute Gasteiger partial charge is 0.460 e. The van der Waals surface area contributed by atoms with Crippen LogP contribution in [0.15, 0.2) is 34.6 Å². The maximum atomic E-state index is 13.6. The summed E-state index contributed by atoms with van der Waals surface area (Å²) in [6.45, 7) is 1.83. The van der Waals surface area contributed by atoms with Crippen LogP contribution in [-0.2, 0) is 14.3 Å². The van der Waals surface area contributed by atoms with Gasteiger partial charge in [0.15, 0.2) is 11.6 Å². The molecule has 0 unspecified atom stereocenters. The number of rotatable bonds is 13. The van der Waals surface area contributed by atoms with Gasteiger partial charge in [-0.25, -0.2) is 8.78 Å². The third-order valence-corrected chi connectivity index (χ3v) is 7.98. The Morgan fingerprint density at radius 1 is 1.05 bits per heavy atom. The molecule has 1 aromatic carbocycles. The monoisotopic (exact) mass is 581 g/mol. The smallest absolute Gasteiger partial charge is 0.306 e. The van der Waals surface area contributed by atoms with E-state index < -0.39 is 11.6 Å². The summed E-state index contributed by atoms with van der Waals surface area (Å²) >= 11 is 8.10. The number of thioether (sulfide) groups is 1. The van der Waals surface area contributed by atoms with Gasteiger partial charge in [0.25, 0.3) is 5.91 Å². The van der Waals surface area contributed by atoms with Gasteiger partial charge in [-0.1, -0.05) is 36.5 Å². The first-order valence-electron chi connectivity index (χ1n) is 12.3. The van der Waals surface area contributed by atoms with Crippen LogP contribution in [0, 0.1) is 11.6 Å². The summed E-state index contributed by atoms with van der Waals surface area (Å²) in [5.41, 5.74) is 1.33. The number of unbranched alkanes of at least 4 members (excludes halogenated alkanes) is 2. The van der Waals surface area contributed by atoms with E-state index in [1.165, 1.54) is 29.2 Å². The quantitative estimate of drug-likeness (QED) is 0.134. The number of thiocarbonyl (C=S) groups is 1. The molecule has 1 aliphatic heterocycles. The fourth-order valence-electron chi connectivity index (χ4n) is 3.99. The number of halogens is 2. The van der Waals surface area contributed by atoms with Crippen molar-refractivity contribution in [3.63, 3.8) is 0 Å². The van der Waals surface area contributed by atoms with Crippen LogP contribution in [0.4, 0.5) is 8.78 Å². The predicted octanol–water partition coefficient (Wildman–Crippen LogP) is 5.49. The standard InChI is InChI=1S/C27H33F2N3O3S3/c1-30(2)15-20(16-31(3)4)35-25(33)8-6-5-7-11-32-26(34)24(38-27(32)36)14-21-12-19(17-37-21)18-9-10-22(28)23(29)13-18/h9-10,12-14,17,20H,5-8,11,15-16H2,1-4H3/b24-14-. The molecule has 0 saturated carbocycles. The van der Waals surface area contributed by atoms with Gasteiger partial charge in [-0.15, -0.1) is 11.3 Å². The molecule has 1 amide bonds. The zero-order valence-corrected chi connectivity index (χ0v) is 24.5. The Hall–Kier alpha value is -2.18. The van der Waals surface area contributed by atoms with Crippen molar-refractivity contribution in [2.24, 2.45) is 0 Å². The Labute approximate surface area is 236 Å². The topological polar surface area (TPSA) is 53.1 Å². The van der Waals surface area contributed by atoms with E-state index in [9.17, 15) is 18.4 Å². The summed E-state index contributed by atoms with van der Waals surface area (Å²) in [4.78, 5) is 32.2. The number of carbonyl (C=O) groups excluding carboxylic acids is 2. The average Bonchev–Trinajstić information content (AvgIpc) is 3.39. The fraction of sp³-hybridized carbons (Fsp3) is 0.444. The van der Waals surface area contributed by atoms with E-state index in [0.717, 1.165) is 35.4 Å². The van der Waals surface area contributed by atoms with E-state index in [-0.39, 0.29) is 18.0 Å². The zero-order chi connectivity index (χ0) is 27.8. The second-order valence-corrected chi connectivity index (χ2v) is 12.3. The van der Waals surface area contributed by atoms with Crippen LogP contribution >= 0.6 is 35.3 Å². The molecule has 11 heteroatoms. The van der Waals surface area contributed by atoms with Crippen LogP contribution in [0.1, 0.15) is 30.6 Å². The molecule has 0 spiro atoms. The molecule has 0 aliphatic carbocycles. The van der Waals surface area contributed by atoms with Gasteiger partial charge in [-0.3, -0.25) is 14.5 Å². The van der Waals surface area contributed by atoms with Crippen LogP contribution in [0.25, 0.3) is 17.2 Å². The average molecular weight is 582 g/mol. The van der Waals surface area contributed by atoms with E-state index in [2.05, 4.69) is 0 Å². The van der Waals surface area contributed by atoms with Crippen molar-refractivity contribution in [3.8, 4) is 11.1 Å². The predicted molar refractivity (Wildman–Crippen MR) is 155 cm³/mol. The Morgan fingerprint density at radius 2 is 1.76 bits per heavy atom. The summed E-state index contributed by atoms with van der Waals surface area (Å²) in [7, 11) is 7.81. The Kier molecular flexibility index (Phi) is 11.4. The normalized spacial score (nSPS) is 15.1. The van der Waals surface area contributed by atoms with Crippen LogP contribution in [0.3, 0.4) is 0 Å². The molecule has 1 saturated heterocycles. The molecule has 1 aromatic heterocycles. The molecule has 1 aliphatic rings. The highest BCUT2D eigenvalue weighted by molar-refractivity contribution is 8.26. The fourth-order valence-corrected chi connectivity index (χ4v) is 6.21. The highest BCUT2D eigenvalue weighted by atomic mass is 32.2. The van der Waals surface area contributed by atoms with E-state index in [1.807, 2.05) is 49.4 Å². The van der Waals surface area contributed by atoms with Crippen molar-refractivity contribution in [1.82, 2.24) is 14.7 Å². The first-order chi connectivity index (χ1) is 18.0. The summed E-state index contributed by atoms with van der Waals surface area (Å²) in [6, 6.07) is 5.62. The number of benzene rings is 1. The van der Waals surface area contributed by atoms with Crippen LogP contribution in [-0.4, -0.2) is 84.8 Å². The molecule has 6 nitrogen and oxygen atoms in total. The number of hydrogen-bond donors (Lipinski definition) is 0. The van der Waals surface area contributed by atoms with Gasteiger partial charge in [0, 0.05) is 30.9 Å². The van der Waals surface area contributed by atoms with Crippen molar-refractivity contribution >= 4 is 57.6 Å². The number of amides is 1. The molecular formula is C27H33F2N3O3S3. The molecule has 0 atom stereocenters. The number of nitrogens with zero attached hydrogens (tertiary/aromatic N) is 3. The zero-order valence-electron chi connectivity index (χ0n) is 22.0. The lowest BCUT2D eigenvalue weighted by molar-refractivity contribution is -0.150. The van der Waals surface area contributed by atoms with Gasteiger partial charge in [-0.2, -0.15) is 0 Å². The molecular weight excluding hydrogens is 549 g/mol. The minimum absolute atomic E-state index is 0.141. The van der Waals surface area contributed by atoms with Gasteiger partial charge >= 0.3 is 5.97 Å². The van der Waals surface area contributed by atoms with Crippen LogP contribution in [0.2, 0.25) is 0 Å². The number of ether oxygens (including phenoxy) is 1. The van der Waals surface area contributed by atoms with Gasteiger partial charge in [0.05, 0.1) is 4.91 Å². The number of esters is 1. The molecule has 206 valence electrons. The second-order valence-electron chi connectivity index (χ2n) is 9.65. The third kappa shape index (κ3) is 8.94. The first-order valence-corrected chi connectivity index (χ1v) is 14.4. The van der Waals surface area contributed by atoms with E-state index in [0.29, 0.717) is 47.3 Å². The number of likely N-dealkylation sites (N-methyl/N-ethyl adjacent to an activating group) is 2. The number of thiophene rings is 1. The highest BCUT2D eigenvalue weighted by Crippen LogP contribution is 2.35.